The van der Waals surface area contributed by atoms with E-state index in [2.05, 4.69) is 10.2 Å². The normalized spacial score (nSPS) is 14.9. The SMILES string of the molecule is NC(=O)NCCC(=O)N1CCN(c2cccc(Cl)c2)CC1. The molecule has 0 unspecified atom stereocenters. The van der Waals surface area contributed by atoms with Crippen LogP contribution in [0.5, 0.6) is 0 Å². The number of nitrogens with one attached hydrogen (secondary N) is 1. The molecule has 1 fully saturated rings. The van der Waals surface area contributed by atoms with Gasteiger partial charge in [-0.3, -0.25) is 4.79 Å². The van der Waals surface area contributed by atoms with E-state index in [1.165, 1.54) is 0 Å². The maximum absolute atomic E-state index is 12.0. The average molecular weight is 311 g/mol. The zero-order valence-electron chi connectivity index (χ0n) is 11.7. The number of rotatable bonds is 4. The number of hydrogen-bond donors (Lipinski definition) is 2. The van der Waals surface area contributed by atoms with Gasteiger partial charge in [0.2, 0.25) is 5.91 Å². The van der Waals surface area contributed by atoms with Gasteiger partial charge in [-0.05, 0) is 18.2 Å². The van der Waals surface area contributed by atoms with Gasteiger partial charge in [-0.1, -0.05) is 17.7 Å². The molecule has 1 aliphatic heterocycles. The summed E-state index contributed by atoms with van der Waals surface area (Å²) in [5.41, 5.74) is 6.03. The lowest BCUT2D eigenvalue weighted by Gasteiger charge is -2.36. The Morgan fingerprint density at radius 1 is 1.24 bits per heavy atom. The molecule has 0 atom stereocenters. The zero-order chi connectivity index (χ0) is 15.2. The van der Waals surface area contributed by atoms with Crippen molar-refractivity contribution in [3.8, 4) is 0 Å². The van der Waals surface area contributed by atoms with Crippen LogP contribution < -0.4 is 16.0 Å². The molecule has 0 saturated carbocycles. The standard InChI is InChI=1S/C14H19ClN4O2/c15-11-2-1-3-12(10-11)18-6-8-19(9-7-18)13(20)4-5-17-14(16)21/h1-3,10H,4-9H2,(H3,16,17,21). The third-order valence-corrected chi connectivity index (χ3v) is 3.68. The number of primary amides is 1. The summed E-state index contributed by atoms with van der Waals surface area (Å²) in [6.07, 6.45) is 0.278. The van der Waals surface area contributed by atoms with Crippen molar-refractivity contribution in [3.63, 3.8) is 0 Å². The first-order chi connectivity index (χ1) is 10.1. The molecular formula is C14H19ClN4O2. The molecule has 1 aromatic carbocycles. The van der Waals surface area contributed by atoms with Gasteiger partial charge >= 0.3 is 6.03 Å². The summed E-state index contributed by atoms with van der Waals surface area (Å²) < 4.78 is 0. The van der Waals surface area contributed by atoms with Gasteiger partial charge in [0.05, 0.1) is 0 Å². The fourth-order valence-corrected chi connectivity index (χ4v) is 2.52. The van der Waals surface area contributed by atoms with Crippen LogP contribution in [-0.4, -0.2) is 49.6 Å². The second kappa shape index (κ2) is 7.17. The first-order valence-electron chi connectivity index (χ1n) is 6.88. The molecule has 0 radical (unpaired) electrons. The van der Waals surface area contributed by atoms with Gasteiger partial charge in [0.1, 0.15) is 0 Å². The molecule has 7 heteroatoms. The van der Waals surface area contributed by atoms with Crippen molar-refractivity contribution < 1.29 is 9.59 Å². The molecule has 0 bridgehead atoms. The molecule has 3 N–H and O–H groups in total. The number of benzene rings is 1. The number of halogens is 1. The maximum atomic E-state index is 12.0. The van der Waals surface area contributed by atoms with Crippen LogP contribution >= 0.6 is 11.6 Å². The number of carbonyl (C=O) groups is 2. The average Bonchev–Trinajstić information content (AvgIpc) is 2.47. The molecule has 2 rings (SSSR count). The van der Waals surface area contributed by atoms with E-state index in [0.29, 0.717) is 18.1 Å². The molecule has 1 saturated heterocycles. The molecule has 6 nitrogen and oxygen atoms in total. The summed E-state index contributed by atoms with van der Waals surface area (Å²) in [5, 5.41) is 3.13. The predicted octanol–water partition coefficient (Wildman–Crippen LogP) is 1.05. The minimum Gasteiger partial charge on any atom is -0.368 e. The number of hydrogen-bond acceptors (Lipinski definition) is 3. The van der Waals surface area contributed by atoms with E-state index in [4.69, 9.17) is 17.3 Å². The molecule has 3 amide bonds. The van der Waals surface area contributed by atoms with Crippen molar-refractivity contribution in [1.29, 1.82) is 0 Å². The van der Waals surface area contributed by atoms with Crippen LogP contribution in [0.2, 0.25) is 5.02 Å². The molecule has 1 heterocycles. The van der Waals surface area contributed by atoms with Crippen LogP contribution in [0.1, 0.15) is 6.42 Å². The first-order valence-corrected chi connectivity index (χ1v) is 7.25. The van der Waals surface area contributed by atoms with Crippen molar-refractivity contribution in [1.82, 2.24) is 10.2 Å². The Hall–Kier alpha value is -1.95. The number of nitrogens with two attached hydrogens (primary N) is 1. The van der Waals surface area contributed by atoms with Gasteiger partial charge in [0, 0.05) is 49.9 Å². The lowest BCUT2D eigenvalue weighted by atomic mass is 10.2. The van der Waals surface area contributed by atoms with E-state index in [-0.39, 0.29) is 18.9 Å². The number of urea groups is 1. The van der Waals surface area contributed by atoms with Crippen molar-refractivity contribution in [2.24, 2.45) is 5.73 Å². The van der Waals surface area contributed by atoms with Gasteiger partial charge < -0.3 is 20.9 Å². The second-order valence-electron chi connectivity index (χ2n) is 4.89. The summed E-state index contributed by atoms with van der Waals surface area (Å²) in [7, 11) is 0. The summed E-state index contributed by atoms with van der Waals surface area (Å²) in [5.74, 6) is 0.0366. The second-order valence-corrected chi connectivity index (χ2v) is 5.33. The van der Waals surface area contributed by atoms with Crippen LogP contribution in [0.25, 0.3) is 0 Å². The zero-order valence-corrected chi connectivity index (χ0v) is 12.5. The molecule has 0 aliphatic carbocycles. The van der Waals surface area contributed by atoms with Gasteiger partial charge in [-0.25, -0.2) is 4.79 Å². The van der Waals surface area contributed by atoms with E-state index >= 15 is 0 Å². The summed E-state index contributed by atoms with van der Waals surface area (Å²) >= 11 is 5.99. The van der Waals surface area contributed by atoms with Crippen molar-refractivity contribution >= 4 is 29.2 Å². The fourth-order valence-electron chi connectivity index (χ4n) is 2.34. The lowest BCUT2D eigenvalue weighted by molar-refractivity contribution is -0.131. The summed E-state index contributed by atoms with van der Waals surface area (Å²) in [6.45, 7) is 3.16. The van der Waals surface area contributed by atoms with Crippen molar-refractivity contribution in [3.05, 3.63) is 29.3 Å². The Balaban J connectivity index is 1.80. The largest absolute Gasteiger partial charge is 0.368 e. The third kappa shape index (κ3) is 4.53. The van der Waals surface area contributed by atoms with E-state index in [0.717, 1.165) is 18.8 Å². The fraction of sp³-hybridized carbons (Fsp3) is 0.429. The minimum atomic E-state index is -0.603. The number of anilines is 1. The van der Waals surface area contributed by atoms with Crippen molar-refractivity contribution in [2.75, 3.05) is 37.6 Å². The molecule has 1 aliphatic rings. The third-order valence-electron chi connectivity index (χ3n) is 3.44. The smallest absolute Gasteiger partial charge is 0.312 e. The Morgan fingerprint density at radius 2 is 1.95 bits per heavy atom. The molecular weight excluding hydrogens is 292 g/mol. The van der Waals surface area contributed by atoms with Crippen molar-refractivity contribution in [2.45, 2.75) is 6.42 Å². The Bertz CT molecular complexity index is 515. The lowest BCUT2D eigenvalue weighted by Crippen LogP contribution is -2.49. The van der Waals surface area contributed by atoms with Crippen LogP contribution in [-0.2, 0) is 4.79 Å². The molecule has 21 heavy (non-hydrogen) atoms. The number of nitrogens with zero attached hydrogens (tertiary/aromatic N) is 2. The van der Waals surface area contributed by atoms with E-state index in [1.807, 2.05) is 29.2 Å². The highest BCUT2D eigenvalue weighted by atomic mass is 35.5. The van der Waals surface area contributed by atoms with Crippen LogP contribution in [0, 0.1) is 0 Å². The Morgan fingerprint density at radius 3 is 2.57 bits per heavy atom. The summed E-state index contributed by atoms with van der Waals surface area (Å²) in [4.78, 5) is 26.5. The van der Waals surface area contributed by atoms with E-state index in [1.54, 1.807) is 0 Å². The molecule has 1 aromatic rings. The Kier molecular flexibility index (Phi) is 5.27. The maximum Gasteiger partial charge on any atom is 0.312 e. The number of piperazine rings is 1. The van der Waals surface area contributed by atoms with Gasteiger partial charge in [-0.15, -0.1) is 0 Å². The van der Waals surface area contributed by atoms with Crippen LogP contribution in [0.15, 0.2) is 24.3 Å². The van der Waals surface area contributed by atoms with E-state index in [9.17, 15) is 9.59 Å². The van der Waals surface area contributed by atoms with E-state index < -0.39 is 6.03 Å². The highest BCUT2D eigenvalue weighted by Gasteiger charge is 2.21. The number of amides is 3. The highest BCUT2D eigenvalue weighted by molar-refractivity contribution is 6.30. The Labute approximate surface area is 128 Å². The number of carbonyl (C=O) groups excluding carboxylic acids is 2. The molecule has 0 aromatic heterocycles. The highest BCUT2D eigenvalue weighted by Crippen LogP contribution is 2.20. The van der Waals surface area contributed by atoms with Crippen LogP contribution in [0.4, 0.5) is 10.5 Å². The van der Waals surface area contributed by atoms with Crippen LogP contribution in [0.3, 0.4) is 0 Å². The molecule has 0 spiro atoms. The van der Waals surface area contributed by atoms with Gasteiger partial charge in [-0.2, -0.15) is 0 Å². The molecule has 114 valence electrons. The quantitative estimate of drug-likeness (QED) is 0.872. The minimum absolute atomic E-state index is 0.0366. The monoisotopic (exact) mass is 310 g/mol. The summed E-state index contributed by atoms with van der Waals surface area (Å²) in [6, 6.07) is 7.10. The predicted molar refractivity (Wildman–Crippen MR) is 82.4 cm³/mol. The first kappa shape index (κ1) is 15.4. The van der Waals surface area contributed by atoms with Gasteiger partial charge in [0.25, 0.3) is 0 Å². The van der Waals surface area contributed by atoms with Gasteiger partial charge in [0.15, 0.2) is 0 Å². The topological polar surface area (TPSA) is 78.7 Å².